The van der Waals surface area contributed by atoms with E-state index >= 15 is 0 Å². The van der Waals surface area contributed by atoms with Crippen molar-refractivity contribution >= 4 is 11.8 Å². The highest BCUT2D eigenvalue weighted by Crippen LogP contribution is 2.14. The van der Waals surface area contributed by atoms with Crippen molar-refractivity contribution in [2.75, 3.05) is 12.8 Å². The lowest BCUT2D eigenvalue weighted by atomic mass is 10.2. The third-order valence-electron chi connectivity index (χ3n) is 2.11. The number of hydrogen-bond acceptors (Lipinski definition) is 3. The summed E-state index contributed by atoms with van der Waals surface area (Å²) in [5.74, 6) is -0.422. The molecule has 2 N–H and O–H groups in total. The van der Waals surface area contributed by atoms with Gasteiger partial charge in [-0.15, -0.1) is 0 Å². The van der Waals surface area contributed by atoms with Gasteiger partial charge in [0.2, 0.25) is 0 Å². The quantitative estimate of drug-likeness (QED) is 0.813. The van der Waals surface area contributed by atoms with E-state index in [2.05, 4.69) is 18.5 Å². The molecular formula is C11H16FNOS. The van der Waals surface area contributed by atoms with Gasteiger partial charge in [-0.25, -0.2) is 4.39 Å². The fourth-order valence-electron chi connectivity index (χ4n) is 1.24. The van der Waals surface area contributed by atoms with E-state index in [1.54, 1.807) is 17.8 Å². The number of phenols is 1. The average molecular weight is 229 g/mol. The van der Waals surface area contributed by atoms with Gasteiger partial charge in [-0.05, 0) is 24.0 Å². The fourth-order valence-corrected chi connectivity index (χ4v) is 1.52. The SMILES string of the molecule is CSC(C)CNCc1cc(O)cc(F)c1. The maximum atomic E-state index is 12.9. The second kappa shape index (κ2) is 5.98. The first-order valence-corrected chi connectivity index (χ1v) is 6.12. The molecule has 0 amide bonds. The Hall–Kier alpha value is -0.740. The summed E-state index contributed by atoms with van der Waals surface area (Å²) in [4.78, 5) is 0. The third kappa shape index (κ3) is 4.53. The molecule has 1 aromatic carbocycles. The van der Waals surface area contributed by atoms with Crippen LogP contribution >= 0.6 is 11.8 Å². The summed E-state index contributed by atoms with van der Waals surface area (Å²) < 4.78 is 12.9. The molecule has 1 rings (SSSR count). The second-order valence-corrected chi connectivity index (χ2v) is 4.77. The lowest BCUT2D eigenvalue weighted by Gasteiger charge is -2.09. The Labute approximate surface area is 93.9 Å². The van der Waals surface area contributed by atoms with Crippen molar-refractivity contribution in [1.29, 1.82) is 0 Å². The van der Waals surface area contributed by atoms with Gasteiger partial charge < -0.3 is 10.4 Å². The molecule has 0 aliphatic rings. The standard InChI is InChI=1S/C11H16FNOS/c1-8(15-2)6-13-7-9-3-10(12)5-11(14)4-9/h3-5,8,13-14H,6-7H2,1-2H3. The first-order chi connectivity index (χ1) is 7.11. The molecule has 0 aromatic heterocycles. The minimum Gasteiger partial charge on any atom is -0.508 e. The monoisotopic (exact) mass is 229 g/mol. The first kappa shape index (κ1) is 12.3. The maximum Gasteiger partial charge on any atom is 0.127 e. The van der Waals surface area contributed by atoms with Gasteiger partial charge in [0.1, 0.15) is 11.6 Å². The van der Waals surface area contributed by atoms with Crippen LogP contribution in [0, 0.1) is 5.82 Å². The van der Waals surface area contributed by atoms with Gasteiger partial charge in [-0.2, -0.15) is 11.8 Å². The van der Waals surface area contributed by atoms with Crippen molar-refractivity contribution in [2.45, 2.75) is 18.7 Å². The van der Waals surface area contributed by atoms with E-state index in [0.29, 0.717) is 11.8 Å². The van der Waals surface area contributed by atoms with E-state index in [9.17, 15) is 9.50 Å². The second-order valence-electron chi connectivity index (χ2n) is 3.49. The predicted octanol–water partition coefficient (Wildman–Crippen LogP) is 2.37. The van der Waals surface area contributed by atoms with Gasteiger partial charge in [0.05, 0.1) is 0 Å². The number of halogens is 1. The van der Waals surface area contributed by atoms with Crippen molar-refractivity contribution in [1.82, 2.24) is 5.32 Å². The lowest BCUT2D eigenvalue weighted by molar-refractivity contribution is 0.467. The van der Waals surface area contributed by atoms with Crippen LogP contribution in [0.25, 0.3) is 0 Å². The van der Waals surface area contributed by atoms with E-state index in [1.807, 2.05) is 0 Å². The highest BCUT2D eigenvalue weighted by Gasteiger charge is 2.01. The summed E-state index contributed by atoms with van der Waals surface area (Å²) in [6, 6.07) is 4.10. The molecule has 0 heterocycles. The van der Waals surface area contributed by atoms with Crippen LogP contribution in [0.5, 0.6) is 5.75 Å². The molecule has 1 aromatic rings. The fraction of sp³-hybridized carbons (Fsp3) is 0.455. The highest BCUT2D eigenvalue weighted by atomic mass is 32.2. The number of benzene rings is 1. The van der Waals surface area contributed by atoms with E-state index in [-0.39, 0.29) is 5.75 Å². The summed E-state index contributed by atoms with van der Waals surface area (Å²) in [7, 11) is 0. The molecule has 4 heteroatoms. The first-order valence-electron chi connectivity index (χ1n) is 4.83. The van der Waals surface area contributed by atoms with Crippen LogP contribution in [-0.2, 0) is 6.54 Å². The topological polar surface area (TPSA) is 32.3 Å². The van der Waals surface area contributed by atoms with Crippen LogP contribution in [-0.4, -0.2) is 23.2 Å². The summed E-state index contributed by atoms with van der Waals surface area (Å²) >= 11 is 1.78. The molecular weight excluding hydrogens is 213 g/mol. The smallest absolute Gasteiger partial charge is 0.127 e. The number of nitrogens with one attached hydrogen (secondary N) is 1. The van der Waals surface area contributed by atoms with Gasteiger partial charge in [-0.1, -0.05) is 6.92 Å². The zero-order valence-corrected chi connectivity index (χ0v) is 9.77. The van der Waals surface area contributed by atoms with Gasteiger partial charge >= 0.3 is 0 Å². The molecule has 0 fully saturated rings. The largest absolute Gasteiger partial charge is 0.508 e. The molecule has 0 bridgehead atoms. The molecule has 84 valence electrons. The minimum atomic E-state index is -0.398. The van der Waals surface area contributed by atoms with Crippen molar-refractivity contribution in [3.63, 3.8) is 0 Å². The molecule has 2 nitrogen and oxygen atoms in total. The molecule has 1 atom stereocenters. The average Bonchev–Trinajstić information content (AvgIpc) is 2.16. The molecule has 0 aliphatic heterocycles. The number of phenolic OH excluding ortho intramolecular Hbond substituents is 1. The van der Waals surface area contributed by atoms with Crippen LogP contribution in [0.1, 0.15) is 12.5 Å². The summed E-state index contributed by atoms with van der Waals surface area (Å²) in [5, 5.41) is 12.9. The van der Waals surface area contributed by atoms with Crippen LogP contribution in [0.3, 0.4) is 0 Å². The van der Waals surface area contributed by atoms with E-state index < -0.39 is 5.82 Å². The molecule has 0 radical (unpaired) electrons. The summed E-state index contributed by atoms with van der Waals surface area (Å²) in [5.41, 5.74) is 0.765. The van der Waals surface area contributed by atoms with Crippen molar-refractivity contribution in [3.05, 3.63) is 29.6 Å². The summed E-state index contributed by atoms with van der Waals surface area (Å²) in [6.45, 7) is 3.58. The Kier molecular flexibility index (Phi) is 4.91. The summed E-state index contributed by atoms with van der Waals surface area (Å²) in [6.07, 6.45) is 2.06. The molecule has 15 heavy (non-hydrogen) atoms. The number of aromatic hydroxyl groups is 1. The maximum absolute atomic E-state index is 12.9. The number of hydrogen-bond donors (Lipinski definition) is 2. The Morgan fingerprint density at radius 2 is 2.20 bits per heavy atom. The highest BCUT2D eigenvalue weighted by molar-refractivity contribution is 7.99. The van der Waals surface area contributed by atoms with Gasteiger partial charge in [0.25, 0.3) is 0 Å². The van der Waals surface area contributed by atoms with Crippen LogP contribution in [0.2, 0.25) is 0 Å². The minimum absolute atomic E-state index is 0.0234. The predicted molar refractivity (Wildman–Crippen MR) is 62.7 cm³/mol. The number of thioether (sulfide) groups is 1. The molecule has 0 aliphatic carbocycles. The van der Waals surface area contributed by atoms with Gasteiger partial charge in [0, 0.05) is 24.4 Å². The van der Waals surface area contributed by atoms with Crippen molar-refractivity contribution < 1.29 is 9.50 Å². The van der Waals surface area contributed by atoms with E-state index in [4.69, 9.17) is 0 Å². The molecule has 0 spiro atoms. The van der Waals surface area contributed by atoms with E-state index in [1.165, 1.54) is 6.07 Å². The third-order valence-corrected chi connectivity index (χ3v) is 3.08. The molecule has 0 saturated carbocycles. The Morgan fingerprint density at radius 3 is 2.80 bits per heavy atom. The number of rotatable bonds is 5. The van der Waals surface area contributed by atoms with Crippen LogP contribution in [0.4, 0.5) is 4.39 Å². The Bertz CT molecular complexity index is 299. The van der Waals surface area contributed by atoms with Crippen molar-refractivity contribution in [3.8, 4) is 5.75 Å². The van der Waals surface area contributed by atoms with Crippen LogP contribution in [0.15, 0.2) is 18.2 Å². The Morgan fingerprint density at radius 1 is 1.47 bits per heavy atom. The van der Waals surface area contributed by atoms with Crippen LogP contribution < -0.4 is 5.32 Å². The Balaban J connectivity index is 2.43. The molecule has 0 saturated heterocycles. The van der Waals surface area contributed by atoms with Gasteiger partial charge in [0.15, 0.2) is 0 Å². The van der Waals surface area contributed by atoms with E-state index in [0.717, 1.165) is 18.2 Å². The molecule has 1 unspecified atom stereocenters. The van der Waals surface area contributed by atoms with Crippen molar-refractivity contribution in [2.24, 2.45) is 0 Å². The zero-order chi connectivity index (χ0) is 11.3. The van der Waals surface area contributed by atoms with Gasteiger partial charge in [-0.3, -0.25) is 0 Å². The zero-order valence-electron chi connectivity index (χ0n) is 8.96. The lowest BCUT2D eigenvalue weighted by Crippen LogP contribution is -2.22. The normalized spacial score (nSPS) is 12.7.